The van der Waals surface area contributed by atoms with Crippen LogP contribution >= 0.6 is 0 Å². The van der Waals surface area contributed by atoms with Crippen LogP contribution in [-0.2, 0) is 13.0 Å². The van der Waals surface area contributed by atoms with Crippen LogP contribution in [0.25, 0.3) is 11.0 Å². The minimum atomic E-state index is -0.0701. The summed E-state index contributed by atoms with van der Waals surface area (Å²) in [5.74, 6) is 2.58. The van der Waals surface area contributed by atoms with E-state index in [1.165, 1.54) is 5.56 Å². The molecule has 1 aromatic heterocycles. The molecule has 0 saturated carbocycles. The number of amides is 1. The number of carbonyl (C=O) groups is 1. The summed E-state index contributed by atoms with van der Waals surface area (Å²) in [6, 6.07) is 23.6. The summed E-state index contributed by atoms with van der Waals surface area (Å²) < 4.78 is 13.4. The van der Waals surface area contributed by atoms with E-state index in [2.05, 4.69) is 47.1 Å². The molecular weight excluding hydrogens is 438 g/mol. The Kier molecular flexibility index (Phi) is 8.39. The van der Waals surface area contributed by atoms with E-state index in [-0.39, 0.29) is 5.91 Å². The maximum atomic E-state index is 12.3. The van der Waals surface area contributed by atoms with Crippen molar-refractivity contribution < 1.29 is 14.3 Å². The van der Waals surface area contributed by atoms with E-state index < -0.39 is 0 Å². The van der Waals surface area contributed by atoms with E-state index in [1.54, 1.807) is 19.2 Å². The highest BCUT2D eigenvalue weighted by Crippen LogP contribution is 2.19. The van der Waals surface area contributed by atoms with Crippen LogP contribution < -0.4 is 14.8 Å². The second kappa shape index (κ2) is 12.1. The maximum absolute atomic E-state index is 12.3. The molecule has 0 fully saturated rings. The van der Waals surface area contributed by atoms with E-state index in [9.17, 15) is 4.79 Å². The lowest BCUT2D eigenvalue weighted by atomic mass is 10.1. The fraction of sp³-hybridized carbons (Fsp3) is 0.310. The fourth-order valence-electron chi connectivity index (χ4n) is 4.11. The summed E-state index contributed by atoms with van der Waals surface area (Å²) in [6.45, 7) is 4.06. The zero-order valence-corrected chi connectivity index (χ0v) is 20.5. The smallest absolute Gasteiger partial charge is 0.251 e. The minimum absolute atomic E-state index is 0.0701. The van der Waals surface area contributed by atoms with Crippen LogP contribution in [0.4, 0.5) is 0 Å². The van der Waals surface area contributed by atoms with Gasteiger partial charge in [-0.1, -0.05) is 42.3 Å². The van der Waals surface area contributed by atoms with Crippen molar-refractivity contribution in [3.63, 3.8) is 0 Å². The Morgan fingerprint density at radius 1 is 0.943 bits per heavy atom. The topological polar surface area (TPSA) is 65.4 Å². The number of carbonyl (C=O) groups excluding carboxylic acids is 1. The molecule has 0 atom stereocenters. The van der Waals surface area contributed by atoms with E-state index >= 15 is 0 Å². The number of aryl methyl sites for hydroxylation is 2. The molecule has 182 valence electrons. The highest BCUT2D eigenvalue weighted by atomic mass is 16.5. The molecule has 0 radical (unpaired) electrons. The van der Waals surface area contributed by atoms with Crippen LogP contribution in [0.3, 0.4) is 0 Å². The summed E-state index contributed by atoms with van der Waals surface area (Å²) in [4.78, 5) is 17.2. The molecular formula is C29H33N3O3. The van der Waals surface area contributed by atoms with Gasteiger partial charge in [-0.15, -0.1) is 0 Å². The van der Waals surface area contributed by atoms with Crippen LogP contribution in [0.15, 0.2) is 72.8 Å². The van der Waals surface area contributed by atoms with Crippen LogP contribution in [0.2, 0.25) is 0 Å². The first-order valence-electron chi connectivity index (χ1n) is 12.2. The largest absolute Gasteiger partial charge is 0.497 e. The maximum Gasteiger partial charge on any atom is 0.251 e. The molecule has 4 aromatic rings. The Morgan fingerprint density at radius 2 is 1.77 bits per heavy atom. The molecule has 0 saturated heterocycles. The number of nitrogens with one attached hydrogen (secondary N) is 1. The third-order valence-electron chi connectivity index (χ3n) is 6.03. The second-order valence-corrected chi connectivity index (χ2v) is 8.63. The van der Waals surface area contributed by atoms with Crippen molar-refractivity contribution in [2.45, 2.75) is 39.2 Å². The van der Waals surface area contributed by atoms with Gasteiger partial charge in [0.25, 0.3) is 5.91 Å². The Bertz CT molecular complexity index is 1250. The number of para-hydroxylation sites is 2. The Balaban J connectivity index is 1.26. The predicted octanol–water partition coefficient (Wildman–Crippen LogP) is 5.58. The number of ether oxygens (including phenoxy) is 2. The molecule has 35 heavy (non-hydrogen) atoms. The molecule has 1 heterocycles. The molecule has 0 unspecified atom stereocenters. The normalized spacial score (nSPS) is 10.9. The average Bonchev–Trinajstić information content (AvgIpc) is 3.24. The van der Waals surface area contributed by atoms with Gasteiger partial charge < -0.3 is 19.4 Å². The van der Waals surface area contributed by atoms with Gasteiger partial charge in [0, 0.05) is 18.5 Å². The Hall–Kier alpha value is -3.80. The predicted molar refractivity (Wildman–Crippen MR) is 139 cm³/mol. The van der Waals surface area contributed by atoms with Gasteiger partial charge in [0.05, 0.1) is 24.7 Å². The molecule has 1 N–H and O–H groups in total. The number of benzene rings is 3. The van der Waals surface area contributed by atoms with Crippen LogP contribution in [-0.4, -0.2) is 35.7 Å². The SMILES string of the molecule is COc1cccc(C(=O)NCCCCCc2nc3ccccc3n2CCOc2ccc(C)cc2)c1. The van der Waals surface area contributed by atoms with Crippen molar-refractivity contribution in [3.05, 3.63) is 89.7 Å². The first-order chi connectivity index (χ1) is 17.1. The lowest BCUT2D eigenvalue weighted by Gasteiger charge is -2.11. The monoisotopic (exact) mass is 471 g/mol. The Morgan fingerprint density at radius 3 is 2.60 bits per heavy atom. The van der Waals surface area contributed by atoms with E-state index in [1.807, 2.05) is 30.3 Å². The minimum Gasteiger partial charge on any atom is -0.497 e. The van der Waals surface area contributed by atoms with Gasteiger partial charge in [-0.3, -0.25) is 4.79 Å². The van der Waals surface area contributed by atoms with Crippen molar-refractivity contribution in [1.29, 1.82) is 0 Å². The lowest BCUT2D eigenvalue weighted by molar-refractivity contribution is 0.0952. The molecule has 0 aliphatic carbocycles. The van der Waals surface area contributed by atoms with Crippen LogP contribution in [0.5, 0.6) is 11.5 Å². The van der Waals surface area contributed by atoms with E-state index in [4.69, 9.17) is 14.5 Å². The molecule has 6 heteroatoms. The lowest BCUT2D eigenvalue weighted by Crippen LogP contribution is -2.24. The zero-order chi connectivity index (χ0) is 24.5. The number of fused-ring (bicyclic) bond motifs is 1. The van der Waals surface area contributed by atoms with Gasteiger partial charge in [-0.25, -0.2) is 4.98 Å². The van der Waals surface area contributed by atoms with Gasteiger partial charge in [0.15, 0.2) is 0 Å². The number of methoxy groups -OCH3 is 1. The zero-order valence-electron chi connectivity index (χ0n) is 20.5. The Labute approximate surface area is 206 Å². The van der Waals surface area contributed by atoms with Crippen LogP contribution in [0, 0.1) is 6.92 Å². The number of unbranched alkanes of at least 4 members (excludes halogenated alkanes) is 2. The van der Waals surface area contributed by atoms with E-state index in [0.29, 0.717) is 24.5 Å². The molecule has 3 aromatic carbocycles. The molecule has 6 nitrogen and oxygen atoms in total. The summed E-state index contributed by atoms with van der Waals surface area (Å²) >= 11 is 0. The van der Waals surface area contributed by atoms with E-state index in [0.717, 1.165) is 54.8 Å². The fourth-order valence-corrected chi connectivity index (χ4v) is 4.11. The molecule has 1 amide bonds. The summed E-state index contributed by atoms with van der Waals surface area (Å²) in [7, 11) is 1.60. The number of aromatic nitrogens is 2. The number of rotatable bonds is 12. The first kappa shape index (κ1) is 24.3. The van der Waals surface area contributed by atoms with Crippen molar-refractivity contribution in [3.8, 4) is 11.5 Å². The van der Waals surface area contributed by atoms with Gasteiger partial charge >= 0.3 is 0 Å². The van der Waals surface area contributed by atoms with Gasteiger partial charge in [0.2, 0.25) is 0 Å². The van der Waals surface area contributed by atoms with Crippen molar-refractivity contribution in [2.75, 3.05) is 20.3 Å². The third-order valence-corrected chi connectivity index (χ3v) is 6.03. The average molecular weight is 472 g/mol. The van der Waals surface area contributed by atoms with Crippen LogP contribution in [0.1, 0.15) is 41.0 Å². The van der Waals surface area contributed by atoms with Gasteiger partial charge in [0.1, 0.15) is 23.9 Å². The van der Waals surface area contributed by atoms with Crippen molar-refractivity contribution >= 4 is 16.9 Å². The van der Waals surface area contributed by atoms with Gasteiger partial charge in [-0.05, 0) is 62.2 Å². The summed E-state index contributed by atoms with van der Waals surface area (Å²) in [6.07, 6.45) is 3.84. The molecule has 0 aliphatic rings. The summed E-state index contributed by atoms with van der Waals surface area (Å²) in [5.41, 5.74) is 4.00. The number of hydrogen-bond donors (Lipinski definition) is 1. The standard InChI is InChI=1S/C29H33N3O3/c1-22-14-16-24(17-15-22)35-20-19-32-27-12-6-5-11-26(27)31-28(32)13-4-3-7-18-30-29(33)23-9-8-10-25(21-23)34-2/h5-6,8-12,14-17,21H,3-4,7,13,18-20H2,1-2H3,(H,30,33). The summed E-state index contributed by atoms with van der Waals surface area (Å²) in [5, 5.41) is 3.00. The number of imidazole rings is 1. The quantitative estimate of drug-likeness (QED) is 0.274. The second-order valence-electron chi connectivity index (χ2n) is 8.63. The highest BCUT2D eigenvalue weighted by molar-refractivity contribution is 5.94. The number of hydrogen-bond acceptors (Lipinski definition) is 4. The van der Waals surface area contributed by atoms with Crippen molar-refractivity contribution in [2.24, 2.45) is 0 Å². The number of nitrogens with zero attached hydrogens (tertiary/aromatic N) is 2. The first-order valence-corrected chi connectivity index (χ1v) is 12.2. The van der Waals surface area contributed by atoms with Crippen molar-refractivity contribution in [1.82, 2.24) is 14.9 Å². The molecule has 0 spiro atoms. The van der Waals surface area contributed by atoms with Gasteiger partial charge in [-0.2, -0.15) is 0 Å². The third kappa shape index (κ3) is 6.63. The highest BCUT2D eigenvalue weighted by Gasteiger charge is 2.11. The molecule has 0 bridgehead atoms. The molecule has 4 rings (SSSR count). The molecule has 0 aliphatic heterocycles.